The molecule has 0 radical (unpaired) electrons. The summed E-state index contributed by atoms with van der Waals surface area (Å²) in [4.78, 5) is 0. The standard InChI is InChI=1S/C15H13NO/c1-16-12-6-4-10-2-3-11-5-7-13(17)9-15(11)14(10)8-12/h2-9,16-17H,1H3. The van der Waals surface area contributed by atoms with E-state index < -0.39 is 0 Å². The Kier molecular flexibility index (Phi) is 2.15. The van der Waals surface area contributed by atoms with Crippen LogP contribution in [0.15, 0.2) is 48.5 Å². The summed E-state index contributed by atoms with van der Waals surface area (Å²) in [6.07, 6.45) is 0. The van der Waals surface area contributed by atoms with Gasteiger partial charge < -0.3 is 10.4 Å². The molecule has 0 unspecified atom stereocenters. The number of anilines is 1. The third-order valence-electron chi connectivity index (χ3n) is 3.11. The molecule has 2 N–H and O–H groups in total. The van der Waals surface area contributed by atoms with E-state index in [1.165, 1.54) is 5.39 Å². The van der Waals surface area contributed by atoms with E-state index in [0.29, 0.717) is 5.75 Å². The number of hydrogen-bond donors (Lipinski definition) is 2. The Labute approximate surface area is 99.5 Å². The maximum Gasteiger partial charge on any atom is 0.116 e. The number of aromatic hydroxyl groups is 1. The Morgan fingerprint density at radius 1 is 0.824 bits per heavy atom. The van der Waals surface area contributed by atoms with Gasteiger partial charge in [-0.1, -0.05) is 24.3 Å². The van der Waals surface area contributed by atoms with Crippen LogP contribution in [0.3, 0.4) is 0 Å². The van der Waals surface area contributed by atoms with E-state index in [1.54, 1.807) is 6.07 Å². The van der Waals surface area contributed by atoms with Crippen LogP contribution in [0.1, 0.15) is 0 Å². The minimum absolute atomic E-state index is 0.305. The molecule has 3 rings (SSSR count). The Bertz CT molecular complexity index is 704. The maximum absolute atomic E-state index is 9.60. The zero-order valence-electron chi connectivity index (χ0n) is 9.57. The predicted molar refractivity (Wildman–Crippen MR) is 72.7 cm³/mol. The maximum atomic E-state index is 9.60. The molecule has 0 atom stereocenters. The lowest BCUT2D eigenvalue weighted by atomic mass is 10.0. The Hall–Kier alpha value is -2.22. The predicted octanol–water partition coefficient (Wildman–Crippen LogP) is 3.74. The van der Waals surface area contributed by atoms with Crippen molar-refractivity contribution in [3.8, 4) is 5.75 Å². The van der Waals surface area contributed by atoms with Gasteiger partial charge in [-0.15, -0.1) is 0 Å². The highest BCUT2D eigenvalue weighted by Gasteiger charge is 2.02. The Morgan fingerprint density at radius 3 is 2.12 bits per heavy atom. The average molecular weight is 223 g/mol. The van der Waals surface area contributed by atoms with Gasteiger partial charge in [0.25, 0.3) is 0 Å². The molecule has 0 saturated carbocycles. The van der Waals surface area contributed by atoms with Crippen LogP contribution >= 0.6 is 0 Å². The molecule has 0 saturated heterocycles. The van der Waals surface area contributed by atoms with Crippen LogP contribution in [0.5, 0.6) is 5.75 Å². The first-order chi connectivity index (χ1) is 8.28. The molecule has 0 aliphatic carbocycles. The van der Waals surface area contributed by atoms with Crippen molar-refractivity contribution in [2.24, 2.45) is 0 Å². The zero-order valence-corrected chi connectivity index (χ0v) is 9.57. The quantitative estimate of drug-likeness (QED) is 0.616. The second-order valence-electron chi connectivity index (χ2n) is 4.16. The van der Waals surface area contributed by atoms with Crippen molar-refractivity contribution in [2.75, 3.05) is 12.4 Å². The van der Waals surface area contributed by atoms with Crippen molar-refractivity contribution < 1.29 is 5.11 Å². The Morgan fingerprint density at radius 2 is 1.41 bits per heavy atom. The first-order valence-corrected chi connectivity index (χ1v) is 5.61. The van der Waals surface area contributed by atoms with E-state index in [9.17, 15) is 5.11 Å². The number of fused-ring (bicyclic) bond motifs is 3. The van der Waals surface area contributed by atoms with Gasteiger partial charge in [0.05, 0.1) is 0 Å². The molecule has 0 fully saturated rings. The molecule has 0 spiro atoms. The normalized spacial score (nSPS) is 10.9. The van der Waals surface area contributed by atoms with Crippen molar-refractivity contribution in [3.63, 3.8) is 0 Å². The number of benzene rings is 3. The topological polar surface area (TPSA) is 32.3 Å². The highest BCUT2D eigenvalue weighted by Crippen LogP contribution is 2.29. The van der Waals surface area contributed by atoms with E-state index in [0.717, 1.165) is 21.8 Å². The fourth-order valence-corrected chi connectivity index (χ4v) is 2.19. The smallest absolute Gasteiger partial charge is 0.116 e. The highest BCUT2D eigenvalue weighted by atomic mass is 16.3. The van der Waals surface area contributed by atoms with E-state index in [1.807, 2.05) is 19.2 Å². The van der Waals surface area contributed by atoms with E-state index in [4.69, 9.17) is 0 Å². The molecule has 0 bridgehead atoms. The molecule has 0 heterocycles. The number of phenolic OH excluding ortho intramolecular Hbond substituents is 1. The van der Waals surface area contributed by atoms with Gasteiger partial charge in [-0.2, -0.15) is 0 Å². The molecule has 2 nitrogen and oxygen atoms in total. The fraction of sp³-hybridized carbons (Fsp3) is 0.0667. The molecule has 3 aromatic carbocycles. The third-order valence-corrected chi connectivity index (χ3v) is 3.11. The van der Waals surface area contributed by atoms with E-state index in [2.05, 4.69) is 35.6 Å². The number of rotatable bonds is 1. The van der Waals surface area contributed by atoms with Crippen LogP contribution < -0.4 is 5.32 Å². The van der Waals surface area contributed by atoms with Crippen LogP contribution in [-0.2, 0) is 0 Å². The summed E-state index contributed by atoms with van der Waals surface area (Å²) in [5.74, 6) is 0.305. The Balaban J connectivity index is 2.47. The minimum Gasteiger partial charge on any atom is -0.508 e. The molecular formula is C15H13NO. The van der Waals surface area contributed by atoms with Crippen molar-refractivity contribution in [3.05, 3.63) is 48.5 Å². The summed E-state index contributed by atoms with van der Waals surface area (Å²) >= 11 is 0. The molecular weight excluding hydrogens is 210 g/mol. The second kappa shape index (κ2) is 3.67. The van der Waals surface area contributed by atoms with Crippen LogP contribution in [0.2, 0.25) is 0 Å². The highest BCUT2D eigenvalue weighted by molar-refractivity contribution is 6.08. The van der Waals surface area contributed by atoms with Gasteiger partial charge in [0.2, 0.25) is 0 Å². The van der Waals surface area contributed by atoms with Gasteiger partial charge in [-0.3, -0.25) is 0 Å². The molecule has 84 valence electrons. The summed E-state index contributed by atoms with van der Waals surface area (Å²) in [6.45, 7) is 0. The van der Waals surface area contributed by atoms with Crippen molar-refractivity contribution >= 4 is 27.2 Å². The summed E-state index contributed by atoms with van der Waals surface area (Å²) in [6, 6.07) is 15.9. The lowest BCUT2D eigenvalue weighted by molar-refractivity contribution is 0.476. The van der Waals surface area contributed by atoms with Gasteiger partial charge in [0.1, 0.15) is 5.75 Å². The van der Waals surface area contributed by atoms with Crippen molar-refractivity contribution in [1.82, 2.24) is 0 Å². The largest absolute Gasteiger partial charge is 0.508 e. The number of hydrogen-bond acceptors (Lipinski definition) is 2. The first kappa shape index (κ1) is 9.97. The van der Waals surface area contributed by atoms with Crippen LogP contribution in [-0.4, -0.2) is 12.2 Å². The lowest BCUT2D eigenvalue weighted by Crippen LogP contribution is -1.87. The van der Waals surface area contributed by atoms with Crippen molar-refractivity contribution in [2.45, 2.75) is 0 Å². The summed E-state index contributed by atoms with van der Waals surface area (Å²) in [7, 11) is 1.91. The summed E-state index contributed by atoms with van der Waals surface area (Å²) in [5, 5.41) is 17.3. The van der Waals surface area contributed by atoms with Gasteiger partial charge in [-0.25, -0.2) is 0 Å². The SMILES string of the molecule is CNc1ccc2ccc3ccc(O)cc3c2c1. The molecule has 0 aliphatic rings. The molecule has 0 aliphatic heterocycles. The zero-order chi connectivity index (χ0) is 11.8. The molecule has 2 heteroatoms. The fourth-order valence-electron chi connectivity index (χ4n) is 2.19. The first-order valence-electron chi connectivity index (χ1n) is 5.61. The molecule has 3 aromatic rings. The van der Waals surface area contributed by atoms with Crippen LogP contribution in [0.25, 0.3) is 21.5 Å². The monoisotopic (exact) mass is 223 g/mol. The van der Waals surface area contributed by atoms with Gasteiger partial charge in [0.15, 0.2) is 0 Å². The number of phenols is 1. The van der Waals surface area contributed by atoms with Crippen LogP contribution in [0, 0.1) is 0 Å². The van der Waals surface area contributed by atoms with Gasteiger partial charge in [-0.05, 0) is 45.8 Å². The van der Waals surface area contributed by atoms with Gasteiger partial charge >= 0.3 is 0 Å². The molecule has 0 amide bonds. The van der Waals surface area contributed by atoms with Gasteiger partial charge in [0, 0.05) is 12.7 Å². The molecule has 17 heavy (non-hydrogen) atoms. The van der Waals surface area contributed by atoms with Crippen LogP contribution in [0.4, 0.5) is 5.69 Å². The molecule has 0 aromatic heterocycles. The lowest BCUT2D eigenvalue weighted by Gasteiger charge is -2.07. The summed E-state index contributed by atoms with van der Waals surface area (Å²) < 4.78 is 0. The van der Waals surface area contributed by atoms with Crippen molar-refractivity contribution in [1.29, 1.82) is 0 Å². The number of nitrogens with one attached hydrogen (secondary N) is 1. The summed E-state index contributed by atoms with van der Waals surface area (Å²) in [5.41, 5.74) is 1.08. The van der Waals surface area contributed by atoms with E-state index >= 15 is 0 Å². The average Bonchev–Trinajstić information content (AvgIpc) is 2.38. The van der Waals surface area contributed by atoms with E-state index in [-0.39, 0.29) is 0 Å². The second-order valence-corrected chi connectivity index (χ2v) is 4.16. The third kappa shape index (κ3) is 1.58. The minimum atomic E-state index is 0.305.